The first-order valence-electron chi connectivity index (χ1n) is 9.51. The normalized spacial score (nSPS) is 20.6. The minimum Gasteiger partial charge on any atom is -0.497 e. The Morgan fingerprint density at radius 1 is 1.37 bits per heavy atom. The van der Waals surface area contributed by atoms with Crippen molar-refractivity contribution in [1.29, 1.82) is 0 Å². The molecule has 2 aromatic rings. The van der Waals surface area contributed by atoms with E-state index in [1.165, 1.54) is 0 Å². The molecule has 0 bridgehead atoms. The Morgan fingerprint density at radius 3 is 2.74 bits per heavy atom. The molecule has 0 saturated heterocycles. The number of hydrogen-bond donors (Lipinski definition) is 2. The molecule has 6 nitrogen and oxygen atoms in total. The molecule has 2 heterocycles. The number of H-pyrrole nitrogens is 1. The zero-order valence-electron chi connectivity index (χ0n) is 16.5. The third-order valence-corrected chi connectivity index (χ3v) is 5.50. The third-order valence-electron chi connectivity index (χ3n) is 5.50. The van der Waals surface area contributed by atoms with E-state index in [0.29, 0.717) is 19.6 Å². The molecule has 1 amide bonds. The number of fused-ring (bicyclic) bond motifs is 1. The van der Waals surface area contributed by atoms with Crippen molar-refractivity contribution in [3.63, 3.8) is 0 Å². The van der Waals surface area contributed by atoms with E-state index in [4.69, 9.17) is 4.74 Å². The number of rotatable bonds is 6. The molecule has 2 atom stereocenters. The molecule has 6 heteroatoms. The van der Waals surface area contributed by atoms with Gasteiger partial charge in [0.25, 0.3) is 0 Å². The second-order valence-electron chi connectivity index (χ2n) is 6.99. The number of aromatic amines is 1. The molecule has 1 aliphatic rings. The number of carbonyl (C=O) groups excluding carboxylic acids is 1. The van der Waals surface area contributed by atoms with Gasteiger partial charge in [-0.15, -0.1) is 0 Å². The van der Waals surface area contributed by atoms with Gasteiger partial charge in [0.2, 0.25) is 5.91 Å². The molecule has 2 N–H and O–H groups in total. The molecule has 0 fully saturated rings. The zero-order chi connectivity index (χ0) is 19.6. The highest BCUT2D eigenvalue weighted by Gasteiger charge is 2.33. The lowest BCUT2D eigenvalue weighted by Crippen LogP contribution is -2.47. The van der Waals surface area contributed by atoms with E-state index in [1.807, 2.05) is 56.3 Å². The number of likely N-dealkylation sites (N-methyl/N-ethyl adjacent to an activating group) is 1. The van der Waals surface area contributed by atoms with Gasteiger partial charge in [0.05, 0.1) is 31.2 Å². The fourth-order valence-electron chi connectivity index (χ4n) is 3.97. The van der Waals surface area contributed by atoms with Crippen LogP contribution in [-0.2, 0) is 4.79 Å². The van der Waals surface area contributed by atoms with Crippen LogP contribution in [0.2, 0.25) is 0 Å². The van der Waals surface area contributed by atoms with Crippen molar-refractivity contribution in [3.8, 4) is 5.75 Å². The molecule has 0 aliphatic carbocycles. The van der Waals surface area contributed by atoms with E-state index in [-0.39, 0.29) is 24.5 Å². The van der Waals surface area contributed by atoms with Gasteiger partial charge < -0.3 is 19.7 Å². The summed E-state index contributed by atoms with van der Waals surface area (Å²) in [4.78, 5) is 20.2. The van der Waals surface area contributed by atoms with Crippen LogP contribution < -0.4 is 4.74 Å². The maximum absolute atomic E-state index is 13.0. The lowest BCUT2D eigenvalue weighted by molar-refractivity contribution is -0.134. The minimum absolute atomic E-state index is 0.00603. The van der Waals surface area contributed by atoms with E-state index in [0.717, 1.165) is 27.8 Å². The number of methoxy groups -OCH3 is 1. The minimum atomic E-state index is -0.232. The molecule has 27 heavy (non-hydrogen) atoms. The monoisotopic (exact) mass is 371 g/mol. The molecule has 0 radical (unpaired) electrons. The maximum atomic E-state index is 13.0. The summed E-state index contributed by atoms with van der Waals surface area (Å²) in [6.07, 6.45) is 3.93. The number of aliphatic hydroxyl groups is 1. The smallest absolute Gasteiger partial charge is 0.230 e. The van der Waals surface area contributed by atoms with Crippen LogP contribution in [-0.4, -0.2) is 72.2 Å². The fraction of sp³-hybridized carbons (Fsp3) is 0.476. The van der Waals surface area contributed by atoms with E-state index in [9.17, 15) is 9.90 Å². The van der Waals surface area contributed by atoms with Gasteiger partial charge in [0.1, 0.15) is 5.75 Å². The highest BCUT2D eigenvalue weighted by molar-refractivity contribution is 5.95. The van der Waals surface area contributed by atoms with Crippen molar-refractivity contribution in [3.05, 3.63) is 36.0 Å². The molecular formula is C21H29N3O3. The number of carbonyl (C=O) groups is 1. The Bertz CT molecular complexity index is 838. The first kappa shape index (κ1) is 19.5. The zero-order valence-corrected chi connectivity index (χ0v) is 16.5. The summed E-state index contributed by atoms with van der Waals surface area (Å²) in [5.74, 6) is 0.657. The fourth-order valence-corrected chi connectivity index (χ4v) is 3.97. The van der Waals surface area contributed by atoms with E-state index >= 15 is 0 Å². The van der Waals surface area contributed by atoms with Gasteiger partial charge in [-0.1, -0.05) is 6.08 Å². The maximum Gasteiger partial charge on any atom is 0.230 e. The topological polar surface area (TPSA) is 68.8 Å². The van der Waals surface area contributed by atoms with Crippen LogP contribution in [0.1, 0.15) is 19.4 Å². The Kier molecular flexibility index (Phi) is 5.87. The number of nitrogens with one attached hydrogen (secondary N) is 1. The van der Waals surface area contributed by atoms with E-state index in [2.05, 4.69) is 9.88 Å². The average molecular weight is 371 g/mol. The Morgan fingerprint density at radius 2 is 2.11 bits per heavy atom. The number of amides is 1. The SMILES string of the molecule is CCN(CC)C(=O)C1C=C(c2cc(OC)cc3cc[nH]c23)[C@@H](CO)N(C)C1. The standard InChI is InChI=1S/C21H29N3O3/c1-5-24(6-2)21(26)15-10-17(19(13-25)23(3)12-15)18-11-16(27-4)9-14-7-8-22-20(14)18/h7-11,15,19,22,25H,5-6,12-13H2,1-4H3/t15?,19-/m1/s1. The summed E-state index contributed by atoms with van der Waals surface area (Å²) in [5, 5.41) is 11.1. The highest BCUT2D eigenvalue weighted by Crippen LogP contribution is 2.35. The largest absolute Gasteiger partial charge is 0.497 e. The molecule has 1 unspecified atom stereocenters. The Balaban J connectivity index is 2.12. The van der Waals surface area contributed by atoms with Crippen LogP contribution in [0.4, 0.5) is 0 Å². The van der Waals surface area contributed by atoms with Crippen LogP contribution in [0.25, 0.3) is 16.5 Å². The van der Waals surface area contributed by atoms with Crippen molar-refractivity contribution >= 4 is 22.4 Å². The molecule has 146 valence electrons. The molecule has 3 rings (SSSR count). The average Bonchev–Trinajstić information content (AvgIpc) is 3.15. The second-order valence-corrected chi connectivity index (χ2v) is 6.99. The molecule has 1 aromatic carbocycles. The van der Waals surface area contributed by atoms with Crippen molar-refractivity contribution in [2.75, 3.05) is 40.4 Å². The lowest BCUT2D eigenvalue weighted by atomic mass is 9.87. The van der Waals surface area contributed by atoms with Gasteiger partial charge in [-0.05, 0) is 44.7 Å². The van der Waals surface area contributed by atoms with Gasteiger partial charge in [-0.2, -0.15) is 0 Å². The summed E-state index contributed by atoms with van der Waals surface area (Å²) >= 11 is 0. The Hall–Kier alpha value is -2.31. The first-order chi connectivity index (χ1) is 13.0. The molecule has 1 aliphatic heterocycles. The first-order valence-corrected chi connectivity index (χ1v) is 9.51. The van der Waals surface area contributed by atoms with Crippen LogP contribution in [0.5, 0.6) is 5.75 Å². The summed E-state index contributed by atoms with van der Waals surface area (Å²) in [6.45, 7) is 5.99. The molecule has 0 saturated carbocycles. The van der Waals surface area contributed by atoms with Gasteiger partial charge in [-0.3, -0.25) is 9.69 Å². The summed E-state index contributed by atoms with van der Waals surface area (Å²) in [7, 11) is 3.61. The van der Waals surface area contributed by atoms with Crippen LogP contribution in [0.3, 0.4) is 0 Å². The number of nitrogens with zero attached hydrogens (tertiary/aromatic N) is 2. The quantitative estimate of drug-likeness (QED) is 0.818. The number of aliphatic hydroxyl groups excluding tert-OH is 1. The highest BCUT2D eigenvalue weighted by atomic mass is 16.5. The number of hydrogen-bond acceptors (Lipinski definition) is 4. The Labute approximate surface area is 160 Å². The van der Waals surface area contributed by atoms with Gasteiger partial charge in [0.15, 0.2) is 0 Å². The predicted octanol–water partition coefficient (Wildman–Crippen LogP) is 2.35. The van der Waals surface area contributed by atoms with Crippen LogP contribution in [0.15, 0.2) is 30.5 Å². The summed E-state index contributed by atoms with van der Waals surface area (Å²) in [6, 6.07) is 5.80. The van der Waals surface area contributed by atoms with Gasteiger partial charge in [-0.25, -0.2) is 0 Å². The third kappa shape index (κ3) is 3.59. The van der Waals surface area contributed by atoms with Crippen LogP contribution >= 0.6 is 0 Å². The molecular weight excluding hydrogens is 342 g/mol. The van der Waals surface area contributed by atoms with Crippen molar-refractivity contribution in [2.24, 2.45) is 5.92 Å². The predicted molar refractivity (Wildman–Crippen MR) is 108 cm³/mol. The molecule has 0 spiro atoms. The number of ether oxygens (including phenoxy) is 1. The van der Waals surface area contributed by atoms with Crippen LogP contribution in [0, 0.1) is 5.92 Å². The summed E-state index contributed by atoms with van der Waals surface area (Å²) in [5.41, 5.74) is 2.92. The van der Waals surface area contributed by atoms with Gasteiger partial charge in [0, 0.05) is 36.8 Å². The van der Waals surface area contributed by atoms with Crippen molar-refractivity contribution < 1.29 is 14.6 Å². The molecule has 1 aromatic heterocycles. The second kappa shape index (κ2) is 8.15. The van der Waals surface area contributed by atoms with Crippen molar-refractivity contribution in [2.45, 2.75) is 19.9 Å². The lowest BCUT2D eigenvalue weighted by Gasteiger charge is -2.37. The van der Waals surface area contributed by atoms with E-state index in [1.54, 1.807) is 7.11 Å². The number of benzene rings is 1. The van der Waals surface area contributed by atoms with Gasteiger partial charge >= 0.3 is 0 Å². The van der Waals surface area contributed by atoms with Crippen molar-refractivity contribution in [1.82, 2.24) is 14.8 Å². The number of aromatic nitrogens is 1. The summed E-state index contributed by atoms with van der Waals surface area (Å²) < 4.78 is 5.47. The van der Waals surface area contributed by atoms with E-state index < -0.39 is 0 Å².